The monoisotopic (exact) mass is 465 g/mol. The van der Waals surface area contributed by atoms with Crippen molar-refractivity contribution in [2.45, 2.75) is 70.8 Å². The molecule has 0 bridgehead atoms. The van der Waals surface area contributed by atoms with Gasteiger partial charge in [0.05, 0.1) is 5.41 Å². The minimum Gasteiger partial charge on any atom is -0.370 e. The molecule has 5 rings (SSSR count). The Balaban J connectivity index is 1.36. The van der Waals surface area contributed by atoms with Crippen LogP contribution in [0.3, 0.4) is 0 Å². The van der Waals surface area contributed by atoms with Gasteiger partial charge in [0.2, 0.25) is 5.69 Å². The lowest BCUT2D eigenvalue weighted by Crippen LogP contribution is -2.38. The Bertz CT molecular complexity index is 1260. The molecule has 0 aromatic heterocycles. The molecule has 2 heterocycles. The maximum atomic E-state index is 2.53. The second-order valence-electron chi connectivity index (χ2n) is 12.1. The van der Waals surface area contributed by atoms with E-state index < -0.39 is 0 Å². The zero-order chi connectivity index (χ0) is 25.0. The van der Waals surface area contributed by atoms with E-state index in [4.69, 9.17) is 0 Å². The largest absolute Gasteiger partial charge is 0.370 e. The Morgan fingerprint density at radius 2 is 1.60 bits per heavy atom. The first-order chi connectivity index (χ1) is 16.6. The van der Waals surface area contributed by atoms with Crippen molar-refractivity contribution in [1.82, 2.24) is 0 Å². The molecule has 2 heteroatoms. The summed E-state index contributed by atoms with van der Waals surface area (Å²) in [5.41, 5.74) is 8.92. The number of allylic oxidation sites excluding steroid dienone is 5. The fourth-order valence-corrected chi connectivity index (χ4v) is 6.45. The highest BCUT2D eigenvalue weighted by molar-refractivity contribution is 6.03. The number of anilines is 1. The van der Waals surface area contributed by atoms with Crippen LogP contribution in [-0.2, 0) is 10.8 Å². The van der Waals surface area contributed by atoms with Gasteiger partial charge in [-0.3, -0.25) is 0 Å². The highest BCUT2D eigenvalue weighted by Crippen LogP contribution is 2.53. The first kappa shape index (κ1) is 23.9. The van der Waals surface area contributed by atoms with Gasteiger partial charge >= 0.3 is 0 Å². The van der Waals surface area contributed by atoms with Crippen LogP contribution in [0.5, 0.6) is 0 Å². The molecule has 0 radical (unpaired) electrons. The van der Waals surface area contributed by atoms with E-state index >= 15 is 0 Å². The summed E-state index contributed by atoms with van der Waals surface area (Å²) in [5, 5.41) is 0. The molecule has 0 N–H and O–H groups in total. The number of likely N-dealkylation sites (N-methyl/N-ethyl adjacent to an activating group) is 1. The van der Waals surface area contributed by atoms with Crippen LogP contribution < -0.4 is 4.90 Å². The van der Waals surface area contributed by atoms with Gasteiger partial charge in [0.25, 0.3) is 0 Å². The first-order valence-corrected chi connectivity index (χ1v) is 13.2. The molecule has 3 aliphatic rings. The number of rotatable bonds is 6. The smallest absolute Gasteiger partial charge is 0.209 e. The molecule has 2 aromatic carbocycles. The average molecular weight is 466 g/mol. The Labute approximate surface area is 212 Å². The van der Waals surface area contributed by atoms with E-state index in [1.807, 2.05) is 0 Å². The normalized spacial score (nSPS) is 23.9. The predicted octanol–water partition coefficient (Wildman–Crippen LogP) is 7.72. The first-order valence-electron chi connectivity index (χ1n) is 13.2. The summed E-state index contributed by atoms with van der Waals surface area (Å²) in [4.78, 5) is 2.49. The van der Waals surface area contributed by atoms with E-state index in [1.54, 1.807) is 0 Å². The Morgan fingerprint density at radius 1 is 0.943 bits per heavy atom. The van der Waals surface area contributed by atoms with E-state index in [-0.39, 0.29) is 10.8 Å². The molecule has 2 aliphatic heterocycles. The fraction of sp³-hybridized carbons (Fsp3) is 0.424. The van der Waals surface area contributed by atoms with Crippen molar-refractivity contribution in [1.29, 1.82) is 0 Å². The summed E-state index contributed by atoms with van der Waals surface area (Å²) >= 11 is 0. The molecule has 1 fully saturated rings. The molecule has 182 valence electrons. The summed E-state index contributed by atoms with van der Waals surface area (Å²) < 4.78 is 2.34. The van der Waals surface area contributed by atoms with Gasteiger partial charge in [0, 0.05) is 41.9 Å². The summed E-state index contributed by atoms with van der Waals surface area (Å²) in [6.45, 7) is 11.9. The molecule has 1 unspecified atom stereocenters. The molecular weight excluding hydrogens is 424 g/mol. The zero-order valence-corrected chi connectivity index (χ0v) is 22.6. The molecule has 0 amide bonds. The van der Waals surface area contributed by atoms with Crippen LogP contribution in [0.25, 0.3) is 0 Å². The number of fused-ring (bicyclic) bond motifs is 2. The maximum absolute atomic E-state index is 2.53. The Hall–Kier alpha value is -2.87. The average Bonchev–Trinajstić information content (AvgIpc) is 3.51. The molecule has 2 nitrogen and oxygen atoms in total. The van der Waals surface area contributed by atoms with E-state index in [0.717, 1.165) is 6.42 Å². The third kappa shape index (κ3) is 3.92. The van der Waals surface area contributed by atoms with Gasteiger partial charge in [-0.2, -0.15) is 4.58 Å². The molecule has 1 saturated carbocycles. The molecule has 35 heavy (non-hydrogen) atoms. The lowest BCUT2D eigenvalue weighted by molar-refractivity contribution is -0.401. The van der Waals surface area contributed by atoms with Crippen molar-refractivity contribution in [3.8, 4) is 0 Å². The van der Waals surface area contributed by atoms with Crippen molar-refractivity contribution in [2.24, 2.45) is 5.41 Å². The van der Waals surface area contributed by atoms with E-state index in [9.17, 15) is 0 Å². The van der Waals surface area contributed by atoms with Gasteiger partial charge in [-0.05, 0) is 55.7 Å². The Morgan fingerprint density at radius 3 is 2.26 bits per heavy atom. The highest BCUT2D eigenvalue weighted by atomic mass is 15.2. The molecule has 1 aliphatic carbocycles. The lowest BCUT2D eigenvalue weighted by Gasteiger charge is -2.32. The standard InChI is InChI=1S/C33H41N2/c1-31(2)25-15-9-11-17-27(25)34(6)29(31)19-13-8-14-24(33(5)22-23-33)20-21-30-32(3,4)26-16-10-12-18-28(26)35(30)7/h8-20,30H,21-23H2,1-7H3/q+1/b14-8+,19-13+,24-20+. The quantitative estimate of drug-likeness (QED) is 0.313. The van der Waals surface area contributed by atoms with Gasteiger partial charge in [-0.1, -0.05) is 81.5 Å². The third-order valence-corrected chi connectivity index (χ3v) is 9.12. The second kappa shape index (κ2) is 8.36. The number of para-hydroxylation sites is 2. The SMILES string of the molecule is CN1c2ccccc2C(C)(C)C1C\C=C(/C=C/C=C/C1=[N+](C)c2ccccc2C1(C)C)C1(C)CC1. The van der Waals surface area contributed by atoms with Crippen molar-refractivity contribution in [2.75, 3.05) is 19.0 Å². The van der Waals surface area contributed by atoms with E-state index in [2.05, 4.69) is 137 Å². The highest BCUT2D eigenvalue weighted by Gasteiger charge is 2.44. The fourth-order valence-electron chi connectivity index (χ4n) is 6.45. The van der Waals surface area contributed by atoms with E-state index in [0.29, 0.717) is 11.5 Å². The van der Waals surface area contributed by atoms with Gasteiger partial charge in [-0.25, -0.2) is 0 Å². The molecule has 1 atom stereocenters. The van der Waals surface area contributed by atoms with E-state index in [1.165, 1.54) is 46.6 Å². The molecule has 0 spiro atoms. The van der Waals surface area contributed by atoms with Crippen LogP contribution in [0, 0.1) is 5.41 Å². The number of benzene rings is 2. The van der Waals surface area contributed by atoms with Gasteiger partial charge in [0.1, 0.15) is 7.05 Å². The minimum absolute atomic E-state index is 0.0183. The predicted molar refractivity (Wildman–Crippen MR) is 150 cm³/mol. The van der Waals surface area contributed by atoms with Crippen LogP contribution in [0.2, 0.25) is 0 Å². The zero-order valence-electron chi connectivity index (χ0n) is 22.6. The van der Waals surface area contributed by atoms with Crippen LogP contribution in [0.1, 0.15) is 65.0 Å². The summed E-state index contributed by atoms with van der Waals surface area (Å²) in [6.07, 6.45) is 15.3. The minimum atomic E-state index is 0.0183. The van der Waals surface area contributed by atoms with Gasteiger partial charge < -0.3 is 4.90 Å². The molecule has 2 aromatic rings. The van der Waals surface area contributed by atoms with Gasteiger partial charge in [0.15, 0.2) is 5.71 Å². The number of hydrogen-bond donors (Lipinski definition) is 0. The molecular formula is C33H41N2+. The van der Waals surface area contributed by atoms with Crippen LogP contribution in [0.4, 0.5) is 11.4 Å². The van der Waals surface area contributed by atoms with Crippen molar-refractivity contribution in [3.63, 3.8) is 0 Å². The van der Waals surface area contributed by atoms with Crippen molar-refractivity contribution >= 4 is 17.1 Å². The lowest BCUT2D eigenvalue weighted by atomic mass is 9.78. The van der Waals surface area contributed by atoms with Gasteiger partial charge in [-0.15, -0.1) is 0 Å². The number of hydrogen-bond acceptors (Lipinski definition) is 1. The number of nitrogens with zero attached hydrogens (tertiary/aromatic N) is 2. The summed E-state index contributed by atoms with van der Waals surface area (Å²) in [5.74, 6) is 0. The van der Waals surface area contributed by atoms with Crippen molar-refractivity contribution < 1.29 is 4.58 Å². The maximum Gasteiger partial charge on any atom is 0.209 e. The Kier molecular flexibility index (Phi) is 5.70. The third-order valence-electron chi connectivity index (χ3n) is 9.12. The molecule has 0 saturated heterocycles. The second-order valence-corrected chi connectivity index (χ2v) is 12.1. The van der Waals surface area contributed by atoms with Crippen LogP contribution in [-0.4, -0.2) is 30.4 Å². The van der Waals surface area contributed by atoms with Crippen LogP contribution >= 0.6 is 0 Å². The van der Waals surface area contributed by atoms with Crippen molar-refractivity contribution in [3.05, 3.63) is 95.6 Å². The van der Waals surface area contributed by atoms with Crippen LogP contribution in [0.15, 0.2) is 84.5 Å². The summed E-state index contributed by atoms with van der Waals surface area (Å²) in [6, 6.07) is 18.2. The topological polar surface area (TPSA) is 6.25 Å². The summed E-state index contributed by atoms with van der Waals surface area (Å²) in [7, 11) is 4.45.